The Morgan fingerprint density at radius 2 is 0.646 bits per heavy atom. The fourth-order valence-electron chi connectivity index (χ4n) is 16.7. The second-order valence-corrected chi connectivity index (χ2v) is 24.0. The van der Waals surface area contributed by atoms with Gasteiger partial charge in [-0.05, 0) is 167 Å². The molecule has 7 heteroatoms. The van der Waals surface area contributed by atoms with Crippen molar-refractivity contribution >= 4 is 120 Å². The highest BCUT2D eigenvalue weighted by atomic mass is 15.2. The number of fused-ring (bicyclic) bond motifs is 8. The van der Waals surface area contributed by atoms with Crippen molar-refractivity contribution in [2.24, 2.45) is 11.8 Å². The molecular weight excluding hydrogens is 992 g/mol. The summed E-state index contributed by atoms with van der Waals surface area (Å²) >= 11 is 0. The van der Waals surface area contributed by atoms with E-state index in [0.29, 0.717) is 12.1 Å². The molecule has 5 nitrogen and oxygen atoms in total. The van der Waals surface area contributed by atoms with Gasteiger partial charge in [0.05, 0.1) is 5.69 Å². The lowest BCUT2D eigenvalue weighted by atomic mass is 9.30. The Labute approximate surface area is 481 Å². The fourth-order valence-corrected chi connectivity index (χ4v) is 16.7. The third-order valence-corrected chi connectivity index (χ3v) is 19.6. The van der Waals surface area contributed by atoms with Crippen molar-refractivity contribution in [2.45, 2.75) is 44.2 Å². The number of hydrogen-bond acceptors (Lipinski definition) is 5. The van der Waals surface area contributed by atoms with Crippen LogP contribution >= 0.6 is 0 Å². The summed E-state index contributed by atoms with van der Waals surface area (Å²) in [6.45, 7) is -0.131. The molecule has 4 bridgehead atoms. The number of para-hydroxylation sites is 6. The highest BCUT2D eigenvalue weighted by molar-refractivity contribution is 7.03. The first-order chi connectivity index (χ1) is 40.7. The summed E-state index contributed by atoms with van der Waals surface area (Å²) in [5.41, 5.74) is 28.5. The lowest BCUT2D eigenvalue weighted by Crippen LogP contribution is -2.65. The molecular formula is C75H57B2N5. The van der Waals surface area contributed by atoms with Crippen LogP contribution in [0, 0.1) is 11.8 Å². The summed E-state index contributed by atoms with van der Waals surface area (Å²) < 4.78 is 0. The van der Waals surface area contributed by atoms with Crippen LogP contribution in [0.1, 0.15) is 32.1 Å². The first-order valence-corrected chi connectivity index (χ1v) is 29.7. The molecule has 0 radical (unpaired) electrons. The number of hydrogen-bond donors (Lipinski definition) is 0. The second kappa shape index (κ2) is 18.0. The summed E-state index contributed by atoms with van der Waals surface area (Å²) in [5.74, 6) is 1.71. The minimum Gasteiger partial charge on any atom is -0.365 e. The maximum absolute atomic E-state index is 2.91. The van der Waals surface area contributed by atoms with Gasteiger partial charge < -0.3 is 24.5 Å². The zero-order valence-corrected chi connectivity index (χ0v) is 45.6. The maximum Gasteiger partial charge on any atom is 0.252 e. The molecule has 388 valence electrons. The van der Waals surface area contributed by atoms with E-state index in [2.05, 4.69) is 285 Å². The lowest BCUT2D eigenvalue weighted by Gasteiger charge is -2.58. The Kier molecular flexibility index (Phi) is 10.2. The smallest absolute Gasteiger partial charge is 0.252 e. The predicted molar refractivity (Wildman–Crippen MR) is 345 cm³/mol. The minimum atomic E-state index is -0.0826. The summed E-state index contributed by atoms with van der Waals surface area (Å²) in [6.07, 6.45) is 6.64. The Morgan fingerprint density at radius 3 is 1.15 bits per heavy atom. The first kappa shape index (κ1) is 46.3. The Bertz CT molecular complexity index is 4260. The van der Waals surface area contributed by atoms with E-state index >= 15 is 0 Å². The quantitative estimate of drug-likeness (QED) is 0.147. The van der Waals surface area contributed by atoms with Gasteiger partial charge in [-0.3, -0.25) is 0 Å². The van der Waals surface area contributed by atoms with Crippen molar-refractivity contribution in [1.29, 1.82) is 0 Å². The molecule has 0 unspecified atom stereocenters. The highest BCUT2D eigenvalue weighted by Crippen LogP contribution is 2.55. The van der Waals surface area contributed by atoms with E-state index in [-0.39, 0.29) is 13.4 Å². The molecule has 4 fully saturated rings. The van der Waals surface area contributed by atoms with E-state index in [1.807, 2.05) is 0 Å². The first-order valence-electron chi connectivity index (χ1n) is 29.7. The van der Waals surface area contributed by atoms with E-state index in [9.17, 15) is 0 Å². The van der Waals surface area contributed by atoms with Crippen LogP contribution in [0.3, 0.4) is 0 Å². The van der Waals surface area contributed by atoms with Crippen LogP contribution in [0.15, 0.2) is 261 Å². The normalized spacial score (nSPS) is 19.0. The number of piperidine rings is 2. The van der Waals surface area contributed by atoms with Gasteiger partial charge in [0, 0.05) is 91.5 Å². The summed E-state index contributed by atoms with van der Waals surface area (Å²) in [6, 6.07) is 99.7. The van der Waals surface area contributed by atoms with Crippen molar-refractivity contribution in [3.8, 4) is 22.3 Å². The van der Waals surface area contributed by atoms with Gasteiger partial charge in [-0.25, -0.2) is 0 Å². The Hall–Kier alpha value is -9.45. The van der Waals surface area contributed by atoms with Crippen LogP contribution in [0.2, 0.25) is 0 Å². The van der Waals surface area contributed by atoms with Gasteiger partial charge in [-0.15, -0.1) is 0 Å². The zero-order chi connectivity index (χ0) is 53.6. The van der Waals surface area contributed by atoms with Crippen LogP contribution in [-0.2, 0) is 0 Å². The molecule has 6 heterocycles. The van der Waals surface area contributed by atoms with Crippen molar-refractivity contribution in [3.63, 3.8) is 0 Å². The Morgan fingerprint density at radius 1 is 0.268 bits per heavy atom. The molecule has 2 saturated carbocycles. The molecule has 8 aliphatic rings. The van der Waals surface area contributed by atoms with E-state index in [1.54, 1.807) is 0 Å². The van der Waals surface area contributed by atoms with Gasteiger partial charge >= 0.3 is 0 Å². The molecule has 11 aromatic carbocycles. The third kappa shape index (κ3) is 6.77. The van der Waals surface area contributed by atoms with Gasteiger partial charge in [0.1, 0.15) is 0 Å². The topological polar surface area (TPSA) is 16.2 Å². The predicted octanol–water partition coefficient (Wildman–Crippen LogP) is 15.0. The largest absolute Gasteiger partial charge is 0.365 e. The van der Waals surface area contributed by atoms with E-state index < -0.39 is 0 Å². The molecule has 82 heavy (non-hydrogen) atoms. The van der Waals surface area contributed by atoms with Gasteiger partial charge in [-0.2, -0.15) is 0 Å². The van der Waals surface area contributed by atoms with Crippen molar-refractivity contribution in [1.82, 2.24) is 0 Å². The second-order valence-electron chi connectivity index (χ2n) is 24.0. The van der Waals surface area contributed by atoms with E-state index in [0.717, 1.165) is 17.5 Å². The minimum absolute atomic E-state index is 0.0488. The monoisotopic (exact) mass is 1050 g/mol. The van der Waals surface area contributed by atoms with Crippen LogP contribution in [0.25, 0.3) is 22.3 Å². The Balaban J connectivity index is 0.923. The van der Waals surface area contributed by atoms with Crippen LogP contribution in [0.4, 0.5) is 73.9 Å². The van der Waals surface area contributed by atoms with Crippen LogP contribution < -0.4 is 57.3 Å². The molecule has 6 aliphatic heterocycles. The molecule has 19 rings (SSSR count). The SMILES string of the molecule is c1ccc(-c2cccc(-c3ccccc3)c2N2c3ccccc3B3c4cc5c(cc4N(c4ccccc4)c4cccc2c43)N(c2ccccc2)c2cc(N3C4CC6CC(C4)CC3C6)cc3c2B5c2ccccc2N3c2ccccc2)cc1. The zero-order valence-electron chi connectivity index (χ0n) is 45.6. The van der Waals surface area contributed by atoms with Crippen molar-refractivity contribution < 1.29 is 0 Å². The molecule has 2 saturated heterocycles. The van der Waals surface area contributed by atoms with Gasteiger partial charge in [0.2, 0.25) is 0 Å². The lowest BCUT2D eigenvalue weighted by molar-refractivity contribution is 0.0900. The molecule has 0 atom stereocenters. The molecule has 0 spiro atoms. The van der Waals surface area contributed by atoms with Gasteiger partial charge in [-0.1, -0.05) is 182 Å². The summed E-state index contributed by atoms with van der Waals surface area (Å²) in [5, 5.41) is 0. The maximum atomic E-state index is 2.91. The summed E-state index contributed by atoms with van der Waals surface area (Å²) in [4.78, 5) is 13.4. The van der Waals surface area contributed by atoms with Crippen molar-refractivity contribution in [3.05, 3.63) is 261 Å². The van der Waals surface area contributed by atoms with Gasteiger partial charge in [0.25, 0.3) is 13.4 Å². The average Bonchev–Trinajstić information content (AvgIpc) is 3.04. The molecule has 11 aromatic rings. The molecule has 2 aliphatic carbocycles. The fraction of sp³-hybridized carbons (Fsp3) is 0.120. The highest BCUT2D eigenvalue weighted by Gasteiger charge is 2.51. The third-order valence-electron chi connectivity index (χ3n) is 19.6. The van der Waals surface area contributed by atoms with Crippen LogP contribution in [0.5, 0.6) is 0 Å². The average molecular weight is 1050 g/mol. The van der Waals surface area contributed by atoms with E-state index in [1.165, 1.54) is 155 Å². The number of rotatable bonds is 7. The van der Waals surface area contributed by atoms with Crippen LogP contribution in [-0.4, -0.2) is 25.5 Å². The standard InChI is InChI=1S/C75H57B2N5/c1-6-22-51(23-7-1)59-32-20-33-60(52-24-8-2-9-25-52)75(59)82-66-37-19-17-35-62(66)76-63-47-64-70(48-69(63)80(54-28-12-4-13-29-54)67-38-21-39-68(82)73(67)76)81(55-30-14-5-15-31-55)72-46-58(78-56-41-49-40-50(43-56)44-57(78)42-49)45-71-74(72)77(64)61-34-16-18-36-65(61)79(71)53-26-10-3-11-27-53/h1-39,45-50,56-57H,40-44H2. The molecule has 0 aromatic heterocycles. The summed E-state index contributed by atoms with van der Waals surface area (Å²) in [7, 11) is 0. The number of anilines is 13. The van der Waals surface area contributed by atoms with Crippen molar-refractivity contribution in [2.75, 3.05) is 24.5 Å². The number of nitrogens with zero attached hydrogens (tertiary/aromatic N) is 5. The van der Waals surface area contributed by atoms with Gasteiger partial charge in [0.15, 0.2) is 0 Å². The molecule has 0 N–H and O–H groups in total. The number of benzene rings is 11. The van der Waals surface area contributed by atoms with E-state index in [4.69, 9.17) is 0 Å². The molecule has 0 amide bonds.